The van der Waals surface area contributed by atoms with E-state index in [1.807, 2.05) is 18.2 Å². The van der Waals surface area contributed by atoms with Gasteiger partial charge in [0.15, 0.2) is 11.5 Å². The Morgan fingerprint density at radius 2 is 2.00 bits per heavy atom. The Morgan fingerprint density at radius 3 is 2.71 bits per heavy atom. The number of anilines is 1. The third kappa shape index (κ3) is 4.18. The van der Waals surface area contributed by atoms with Crippen molar-refractivity contribution in [2.45, 2.75) is 31.1 Å². The molecule has 0 radical (unpaired) electrons. The molecule has 0 fully saturated rings. The van der Waals surface area contributed by atoms with Crippen molar-refractivity contribution in [3.05, 3.63) is 23.2 Å². The van der Waals surface area contributed by atoms with Crippen LogP contribution in [0.4, 0.5) is 5.13 Å². The molecule has 6 nitrogen and oxygen atoms in total. The maximum Gasteiger partial charge on any atom is 0.236 e. The predicted octanol–water partition coefficient (Wildman–Crippen LogP) is 3.34. The van der Waals surface area contributed by atoms with Crippen molar-refractivity contribution in [1.29, 1.82) is 0 Å². The summed E-state index contributed by atoms with van der Waals surface area (Å²) in [5.74, 6) is 1.67. The van der Waals surface area contributed by atoms with Gasteiger partial charge in [-0.1, -0.05) is 32.1 Å². The second kappa shape index (κ2) is 6.98. The highest BCUT2D eigenvalue weighted by molar-refractivity contribution is 8.00. The van der Waals surface area contributed by atoms with Crippen molar-refractivity contribution in [3.63, 3.8) is 0 Å². The summed E-state index contributed by atoms with van der Waals surface area (Å²) in [5, 5.41) is 12.4. The van der Waals surface area contributed by atoms with Gasteiger partial charge in [0.2, 0.25) is 11.0 Å². The number of hydrogen-bond acceptors (Lipinski definition) is 7. The third-order valence-corrected chi connectivity index (χ3v) is 5.45. The molecule has 0 spiro atoms. The molecule has 0 bridgehead atoms. The van der Waals surface area contributed by atoms with E-state index in [4.69, 9.17) is 9.47 Å². The van der Waals surface area contributed by atoms with Crippen LogP contribution in [-0.2, 0) is 10.2 Å². The molecule has 1 N–H and O–H groups in total. The summed E-state index contributed by atoms with van der Waals surface area (Å²) in [6, 6.07) is 5.69. The fourth-order valence-electron chi connectivity index (χ4n) is 1.99. The number of thioether (sulfide) groups is 1. The van der Waals surface area contributed by atoms with Gasteiger partial charge in [-0.15, -0.1) is 22.0 Å². The van der Waals surface area contributed by atoms with Gasteiger partial charge in [0, 0.05) is 10.3 Å². The molecule has 3 rings (SSSR count). The van der Waals surface area contributed by atoms with Crippen molar-refractivity contribution < 1.29 is 14.3 Å². The molecule has 24 heavy (non-hydrogen) atoms. The highest BCUT2D eigenvalue weighted by Crippen LogP contribution is 2.34. The Bertz CT molecular complexity index is 740. The number of carbonyl (C=O) groups excluding carboxylic acids is 1. The topological polar surface area (TPSA) is 73.3 Å². The summed E-state index contributed by atoms with van der Waals surface area (Å²) < 4.78 is 11.0. The largest absolute Gasteiger partial charge is 0.486 e. The molecule has 1 aliphatic rings. The van der Waals surface area contributed by atoms with Gasteiger partial charge in [-0.2, -0.15) is 0 Å². The van der Waals surface area contributed by atoms with Crippen LogP contribution >= 0.6 is 23.1 Å². The van der Waals surface area contributed by atoms with E-state index in [1.165, 1.54) is 23.1 Å². The summed E-state index contributed by atoms with van der Waals surface area (Å²) in [7, 11) is 0. The Balaban J connectivity index is 1.55. The van der Waals surface area contributed by atoms with Gasteiger partial charge in [-0.25, -0.2) is 0 Å². The van der Waals surface area contributed by atoms with E-state index in [-0.39, 0.29) is 11.3 Å². The van der Waals surface area contributed by atoms with E-state index >= 15 is 0 Å². The van der Waals surface area contributed by atoms with Gasteiger partial charge in [0.1, 0.15) is 18.2 Å². The first-order valence-corrected chi connectivity index (χ1v) is 9.38. The molecular formula is C16H19N3O3S2. The van der Waals surface area contributed by atoms with Crippen molar-refractivity contribution in [1.82, 2.24) is 10.2 Å². The maximum absolute atomic E-state index is 12.1. The van der Waals surface area contributed by atoms with Crippen molar-refractivity contribution in [2.24, 2.45) is 0 Å². The van der Waals surface area contributed by atoms with Gasteiger partial charge in [0.25, 0.3) is 0 Å². The summed E-state index contributed by atoms with van der Waals surface area (Å²) in [6.45, 7) is 7.32. The average molecular weight is 365 g/mol. The van der Waals surface area contributed by atoms with E-state index in [0.717, 1.165) is 21.4 Å². The Labute approximate surface area is 149 Å². The molecular weight excluding hydrogens is 346 g/mol. The molecule has 0 unspecified atom stereocenters. The third-order valence-electron chi connectivity index (χ3n) is 3.20. The Morgan fingerprint density at radius 1 is 1.25 bits per heavy atom. The van der Waals surface area contributed by atoms with Gasteiger partial charge in [-0.3, -0.25) is 10.1 Å². The lowest BCUT2D eigenvalue weighted by molar-refractivity contribution is -0.113. The van der Waals surface area contributed by atoms with Crippen LogP contribution in [-0.4, -0.2) is 35.1 Å². The molecule has 1 aromatic heterocycles. The minimum absolute atomic E-state index is 0.0689. The van der Waals surface area contributed by atoms with Crippen LogP contribution in [0.5, 0.6) is 11.5 Å². The van der Waals surface area contributed by atoms with Crippen LogP contribution in [0.15, 0.2) is 23.1 Å². The van der Waals surface area contributed by atoms with Gasteiger partial charge in [0.05, 0.1) is 5.75 Å². The molecule has 0 atom stereocenters. The van der Waals surface area contributed by atoms with Gasteiger partial charge < -0.3 is 9.47 Å². The monoisotopic (exact) mass is 365 g/mol. The minimum Gasteiger partial charge on any atom is -0.486 e. The molecule has 8 heteroatoms. The van der Waals surface area contributed by atoms with E-state index < -0.39 is 0 Å². The van der Waals surface area contributed by atoms with Gasteiger partial charge >= 0.3 is 0 Å². The first-order valence-electron chi connectivity index (χ1n) is 7.58. The smallest absolute Gasteiger partial charge is 0.236 e. The van der Waals surface area contributed by atoms with E-state index in [2.05, 4.69) is 36.3 Å². The highest BCUT2D eigenvalue weighted by Gasteiger charge is 2.20. The van der Waals surface area contributed by atoms with E-state index in [0.29, 0.717) is 24.1 Å². The quantitative estimate of drug-likeness (QED) is 0.838. The number of nitrogens with one attached hydrogen (secondary N) is 1. The van der Waals surface area contributed by atoms with E-state index in [1.54, 1.807) is 0 Å². The number of aromatic nitrogens is 2. The lowest BCUT2D eigenvalue weighted by Crippen LogP contribution is -2.15. The summed E-state index contributed by atoms with van der Waals surface area (Å²) in [4.78, 5) is 13.0. The molecule has 1 amide bonds. The number of rotatable bonds is 4. The summed E-state index contributed by atoms with van der Waals surface area (Å²) in [5.41, 5.74) is -0.0689. The normalized spacial score (nSPS) is 13.6. The van der Waals surface area contributed by atoms with Crippen molar-refractivity contribution in [2.75, 3.05) is 24.3 Å². The summed E-state index contributed by atoms with van der Waals surface area (Å²) in [6.07, 6.45) is 0. The van der Waals surface area contributed by atoms with Crippen LogP contribution in [0.3, 0.4) is 0 Å². The number of hydrogen-bond donors (Lipinski definition) is 1. The number of nitrogens with zero attached hydrogens (tertiary/aromatic N) is 2. The van der Waals surface area contributed by atoms with Crippen LogP contribution < -0.4 is 14.8 Å². The van der Waals surface area contributed by atoms with Crippen LogP contribution in [0.25, 0.3) is 0 Å². The number of ether oxygens (including phenoxy) is 2. The molecule has 1 aliphatic heterocycles. The van der Waals surface area contributed by atoms with Crippen molar-refractivity contribution >= 4 is 34.1 Å². The minimum atomic E-state index is -0.105. The lowest BCUT2D eigenvalue weighted by Gasteiger charge is -2.18. The molecule has 0 aliphatic carbocycles. The Kier molecular flexibility index (Phi) is 4.96. The molecule has 0 saturated carbocycles. The zero-order valence-corrected chi connectivity index (χ0v) is 15.4. The highest BCUT2D eigenvalue weighted by atomic mass is 32.2. The number of benzene rings is 1. The molecule has 0 saturated heterocycles. The lowest BCUT2D eigenvalue weighted by atomic mass is 9.98. The maximum atomic E-state index is 12.1. The fourth-order valence-corrected chi connectivity index (χ4v) is 3.54. The summed E-state index contributed by atoms with van der Waals surface area (Å²) >= 11 is 2.85. The van der Waals surface area contributed by atoms with Crippen molar-refractivity contribution in [3.8, 4) is 11.5 Å². The molecule has 1 aromatic carbocycles. The number of amides is 1. The second-order valence-corrected chi connectivity index (χ2v) is 8.33. The zero-order valence-electron chi connectivity index (χ0n) is 13.8. The molecule has 2 aromatic rings. The van der Waals surface area contributed by atoms with Crippen LogP contribution in [0, 0.1) is 0 Å². The predicted molar refractivity (Wildman–Crippen MR) is 95.4 cm³/mol. The fraction of sp³-hybridized carbons (Fsp3) is 0.438. The number of fused-ring (bicyclic) bond motifs is 1. The number of carbonyl (C=O) groups is 1. The van der Waals surface area contributed by atoms with Crippen LogP contribution in [0.2, 0.25) is 0 Å². The molecule has 2 heterocycles. The SMILES string of the molecule is CC(C)(C)c1nnc(NC(=O)CSc2ccc3c(c2)OCCO3)s1. The standard InChI is InChI=1S/C16H19N3O3S2/c1-16(2,3)14-18-19-15(24-14)17-13(20)9-23-10-4-5-11-12(8-10)22-7-6-21-11/h4-5,8H,6-7,9H2,1-3H3,(H,17,19,20). The first kappa shape index (κ1) is 17.0. The van der Waals surface area contributed by atoms with Crippen LogP contribution in [0.1, 0.15) is 25.8 Å². The molecule has 128 valence electrons. The Hall–Kier alpha value is -1.80. The zero-order chi connectivity index (χ0) is 17.2. The second-order valence-electron chi connectivity index (χ2n) is 6.30. The average Bonchev–Trinajstić information content (AvgIpc) is 3.01. The van der Waals surface area contributed by atoms with Gasteiger partial charge in [-0.05, 0) is 18.2 Å². The van der Waals surface area contributed by atoms with E-state index in [9.17, 15) is 4.79 Å². The first-order chi connectivity index (χ1) is 11.4.